The molecule has 0 spiro atoms. The van der Waals surface area contributed by atoms with Gasteiger partial charge in [0.05, 0.1) is 0 Å². The minimum Gasteiger partial charge on any atom is -0.337 e. The maximum atomic E-state index is 12.4. The smallest absolute Gasteiger partial charge is 0.199 e. The summed E-state index contributed by atoms with van der Waals surface area (Å²) in [6, 6.07) is 20.3. The minimum absolute atomic E-state index is 0.139. The van der Waals surface area contributed by atoms with Gasteiger partial charge in [0.1, 0.15) is 12.2 Å². The van der Waals surface area contributed by atoms with Crippen LogP contribution in [0.15, 0.2) is 72.8 Å². The molecule has 21 heavy (non-hydrogen) atoms. The highest BCUT2D eigenvalue weighted by Crippen LogP contribution is 2.34. The molecule has 0 saturated carbocycles. The first-order valence-corrected chi connectivity index (χ1v) is 6.68. The van der Waals surface area contributed by atoms with Crippen LogP contribution < -0.4 is 0 Å². The van der Waals surface area contributed by atoms with Crippen LogP contribution in [-0.4, -0.2) is 11.9 Å². The van der Waals surface area contributed by atoms with E-state index in [4.69, 9.17) is 4.74 Å². The normalized spacial score (nSPS) is 23.7. The quantitative estimate of drug-likeness (QED) is 0.638. The Morgan fingerprint density at radius 3 is 2.29 bits per heavy atom. The molecule has 0 aliphatic carbocycles. The van der Waals surface area contributed by atoms with Gasteiger partial charge < -0.3 is 4.74 Å². The van der Waals surface area contributed by atoms with E-state index in [1.54, 1.807) is 36.4 Å². The largest absolute Gasteiger partial charge is 0.337 e. The highest BCUT2D eigenvalue weighted by molar-refractivity contribution is 6.01. The second-order valence-electron chi connectivity index (χ2n) is 4.84. The Labute approximate surface area is 123 Å². The molecule has 1 heterocycles. The van der Waals surface area contributed by atoms with Crippen molar-refractivity contribution in [2.45, 2.75) is 11.7 Å². The Morgan fingerprint density at radius 1 is 1.05 bits per heavy atom. The van der Waals surface area contributed by atoms with Gasteiger partial charge in [0.25, 0.3) is 0 Å². The molecule has 1 aliphatic heterocycles. The number of nitriles is 1. The molecule has 0 amide bonds. The summed E-state index contributed by atoms with van der Waals surface area (Å²) < 4.78 is 5.78. The predicted molar refractivity (Wildman–Crippen MR) is 78.5 cm³/mol. The van der Waals surface area contributed by atoms with Crippen molar-refractivity contribution in [2.75, 3.05) is 0 Å². The fraction of sp³-hybridized carbons (Fsp3) is 0.111. The van der Waals surface area contributed by atoms with Crippen molar-refractivity contribution >= 4 is 5.78 Å². The van der Waals surface area contributed by atoms with E-state index in [-0.39, 0.29) is 5.78 Å². The molecule has 1 aliphatic rings. The number of rotatable bonds is 3. The molecule has 0 N–H and O–H groups in total. The zero-order valence-electron chi connectivity index (χ0n) is 11.3. The first-order chi connectivity index (χ1) is 10.2. The lowest BCUT2D eigenvalue weighted by molar-refractivity contribution is 0.0146. The number of carbonyl (C=O) groups is 1. The van der Waals surface area contributed by atoms with Crippen molar-refractivity contribution in [2.24, 2.45) is 0 Å². The molecule has 3 rings (SSSR count). The molecule has 2 aromatic carbocycles. The Hall–Kier alpha value is -2.70. The Balaban J connectivity index is 1.87. The van der Waals surface area contributed by atoms with Crippen LogP contribution >= 0.6 is 0 Å². The SMILES string of the molecule is N#C[C@@]1(c2ccccc2)C=C[C@H](C(=O)c2ccccc2)O1. The van der Waals surface area contributed by atoms with E-state index in [1.807, 2.05) is 36.4 Å². The molecule has 0 bridgehead atoms. The Bertz CT molecular complexity index is 716. The third-order valence-corrected chi connectivity index (χ3v) is 3.50. The van der Waals surface area contributed by atoms with Crippen LogP contribution in [0.3, 0.4) is 0 Å². The summed E-state index contributed by atoms with van der Waals surface area (Å²) in [6.45, 7) is 0. The van der Waals surface area contributed by atoms with Gasteiger partial charge in [-0.25, -0.2) is 0 Å². The number of Topliss-reactive ketones (excluding diaryl/α,β-unsaturated/α-hetero) is 1. The number of nitrogens with zero attached hydrogens (tertiary/aromatic N) is 1. The van der Waals surface area contributed by atoms with Crippen LogP contribution in [0.4, 0.5) is 0 Å². The summed E-state index contributed by atoms with van der Waals surface area (Å²) in [6.07, 6.45) is 2.59. The van der Waals surface area contributed by atoms with Crippen LogP contribution in [0.25, 0.3) is 0 Å². The zero-order chi connectivity index (χ0) is 14.7. The highest BCUT2D eigenvalue weighted by atomic mass is 16.5. The van der Waals surface area contributed by atoms with Gasteiger partial charge in [0.2, 0.25) is 0 Å². The second-order valence-corrected chi connectivity index (χ2v) is 4.84. The number of hydrogen-bond acceptors (Lipinski definition) is 3. The van der Waals surface area contributed by atoms with Gasteiger partial charge in [-0.3, -0.25) is 4.79 Å². The third-order valence-electron chi connectivity index (χ3n) is 3.50. The third kappa shape index (κ3) is 2.37. The molecule has 0 aromatic heterocycles. The number of carbonyl (C=O) groups excluding carboxylic acids is 1. The molecule has 0 fully saturated rings. The molecular formula is C18H13NO2. The molecule has 2 aromatic rings. The molecule has 3 heteroatoms. The van der Waals surface area contributed by atoms with Gasteiger partial charge in [0, 0.05) is 11.1 Å². The van der Waals surface area contributed by atoms with Crippen molar-refractivity contribution in [1.29, 1.82) is 5.26 Å². The van der Waals surface area contributed by atoms with E-state index in [2.05, 4.69) is 6.07 Å². The number of ether oxygens (including phenoxy) is 1. The summed E-state index contributed by atoms with van der Waals surface area (Å²) in [7, 11) is 0. The van der Waals surface area contributed by atoms with Gasteiger partial charge in [-0.1, -0.05) is 60.7 Å². The molecule has 102 valence electrons. The molecule has 0 unspecified atom stereocenters. The maximum Gasteiger partial charge on any atom is 0.199 e. The average molecular weight is 275 g/mol. The minimum atomic E-state index is -1.18. The number of ketones is 1. The van der Waals surface area contributed by atoms with Crippen molar-refractivity contribution in [3.63, 3.8) is 0 Å². The summed E-state index contributed by atoms with van der Waals surface area (Å²) in [5.74, 6) is -0.139. The van der Waals surface area contributed by atoms with Crippen molar-refractivity contribution < 1.29 is 9.53 Å². The van der Waals surface area contributed by atoms with E-state index in [0.29, 0.717) is 5.56 Å². The highest BCUT2D eigenvalue weighted by Gasteiger charge is 2.40. The molecular weight excluding hydrogens is 262 g/mol. The number of hydrogen-bond donors (Lipinski definition) is 0. The summed E-state index contributed by atoms with van der Waals surface area (Å²) in [5, 5.41) is 9.50. The van der Waals surface area contributed by atoms with E-state index in [0.717, 1.165) is 5.56 Å². The topological polar surface area (TPSA) is 50.1 Å². The van der Waals surface area contributed by atoms with E-state index in [1.165, 1.54) is 0 Å². The summed E-state index contributed by atoms with van der Waals surface area (Å²) in [4.78, 5) is 12.4. The van der Waals surface area contributed by atoms with E-state index >= 15 is 0 Å². The van der Waals surface area contributed by atoms with Gasteiger partial charge in [0.15, 0.2) is 11.4 Å². The predicted octanol–water partition coefficient (Wildman–Crippen LogP) is 3.24. The van der Waals surface area contributed by atoms with Gasteiger partial charge in [-0.2, -0.15) is 5.26 Å². The summed E-state index contributed by atoms with van der Waals surface area (Å²) in [5.41, 5.74) is 0.122. The molecule has 0 saturated heterocycles. The average Bonchev–Trinajstić information content (AvgIpc) is 3.02. The monoisotopic (exact) mass is 275 g/mol. The van der Waals surface area contributed by atoms with Crippen LogP contribution in [0.1, 0.15) is 15.9 Å². The van der Waals surface area contributed by atoms with Crippen molar-refractivity contribution in [3.05, 3.63) is 83.9 Å². The summed E-state index contributed by atoms with van der Waals surface area (Å²) >= 11 is 0. The van der Waals surface area contributed by atoms with Crippen LogP contribution in [0.2, 0.25) is 0 Å². The van der Waals surface area contributed by atoms with E-state index < -0.39 is 11.7 Å². The lowest BCUT2D eigenvalue weighted by Gasteiger charge is -2.21. The van der Waals surface area contributed by atoms with Crippen molar-refractivity contribution in [1.82, 2.24) is 0 Å². The second kappa shape index (κ2) is 5.35. The van der Waals surface area contributed by atoms with Gasteiger partial charge in [-0.15, -0.1) is 0 Å². The van der Waals surface area contributed by atoms with Gasteiger partial charge in [-0.05, 0) is 12.2 Å². The first kappa shape index (κ1) is 13.3. The van der Waals surface area contributed by atoms with Crippen LogP contribution in [0.5, 0.6) is 0 Å². The zero-order valence-corrected chi connectivity index (χ0v) is 11.3. The van der Waals surface area contributed by atoms with E-state index in [9.17, 15) is 10.1 Å². The van der Waals surface area contributed by atoms with Crippen molar-refractivity contribution in [3.8, 4) is 6.07 Å². The van der Waals surface area contributed by atoms with Crippen LogP contribution in [0, 0.1) is 11.3 Å². The Kier molecular flexibility index (Phi) is 3.39. The van der Waals surface area contributed by atoms with Gasteiger partial charge >= 0.3 is 0 Å². The molecule has 3 nitrogen and oxygen atoms in total. The fourth-order valence-corrected chi connectivity index (χ4v) is 2.39. The lowest BCUT2D eigenvalue weighted by Crippen LogP contribution is -2.29. The maximum absolute atomic E-state index is 12.4. The fourth-order valence-electron chi connectivity index (χ4n) is 2.39. The lowest BCUT2D eigenvalue weighted by atomic mass is 9.96. The first-order valence-electron chi connectivity index (χ1n) is 6.68. The standard InChI is InChI=1S/C18H13NO2/c19-13-18(15-9-5-2-6-10-15)12-11-16(21-18)17(20)14-7-3-1-4-8-14/h1-12,16H/t16-,18-/m1/s1. The number of benzene rings is 2. The molecule has 0 radical (unpaired) electrons. The molecule has 2 atom stereocenters. The Morgan fingerprint density at radius 2 is 1.67 bits per heavy atom. The van der Waals surface area contributed by atoms with Crippen LogP contribution in [-0.2, 0) is 10.3 Å².